The summed E-state index contributed by atoms with van der Waals surface area (Å²) in [6.45, 7) is 2.23. The summed E-state index contributed by atoms with van der Waals surface area (Å²) in [6.07, 6.45) is 12.5. The first-order chi connectivity index (χ1) is 6.22. The van der Waals surface area contributed by atoms with Gasteiger partial charge in [0.25, 0.3) is 0 Å². The zero-order valence-corrected chi connectivity index (χ0v) is 8.38. The molecule has 1 fully saturated rings. The van der Waals surface area contributed by atoms with Crippen LogP contribution in [0.4, 0.5) is 0 Å². The van der Waals surface area contributed by atoms with Crippen molar-refractivity contribution >= 4 is 6.29 Å². The van der Waals surface area contributed by atoms with Gasteiger partial charge in [0, 0.05) is 11.8 Å². The standard InChI is InChI=1S/C12H18O/c1-3-4-7-12(10-13)8-5-6-11(2)9-12/h1,10-11H,4-9H2,2H3. The van der Waals surface area contributed by atoms with Crippen LogP contribution in [0.25, 0.3) is 0 Å². The lowest BCUT2D eigenvalue weighted by Crippen LogP contribution is -2.29. The molecule has 0 heterocycles. The van der Waals surface area contributed by atoms with E-state index in [2.05, 4.69) is 12.8 Å². The molecule has 2 atom stereocenters. The molecule has 1 saturated carbocycles. The Morgan fingerprint density at radius 1 is 1.69 bits per heavy atom. The second kappa shape index (κ2) is 4.46. The summed E-state index contributed by atoms with van der Waals surface area (Å²) in [5, 5.41) is 0. The Balaban J connectivity index is 2.57. The topological polar surface area (TPSA) is 17.1 Å². The lowest BCUT2D eigenvalue weighted by atomic mass is 9.69. The minimum atomic E-state index is -0.0793. The second-order valence-corrected chi connectivity index (χ2v) is 4.39. The minimum Gasteiger partial charge on any atom is -0.303 e. The van der Waals surface area contributed by atoms with Gasteiger partial charge in [0.1, 0.15) is 6.29 Å². The summed E-state index contributed by atoms with van der Waals surface area (Å²) in [5.74, 6) is 3.32. The molecule has 1 nitrogen and oxygen atoms in total. The molecule has 0 saturated heterocycles. The number of terminal acetylenes is 1. The van der Waals surface area contributed by atoms with Crippen molar-refractivity contribution in [2.24, 2.45) is 11.3 Å². The molecule has 0 N–H and O–H groups in total. The molecule has 0 aliphatic heterocycles. The van der Waals surface area contributed by atoms with Gasteiger partial charge in [0.2, 0.25) is 0 Å². The summed E-state index contributed by atoms with van der Waals surface area (Å²) in [7, 11) is 0. The van der Waals surface area contributed by atoms with Gasteiger partial charge in [-0.1, -0.05) is 19.8 Å². The van der Waals surface area contributed by atoms with Gasteiger partial charge >= 0.3 is 0 Å². The van der Waals surface area contributed by atoms with Crippen LogP contribution in [0.3, 0.4) is 0 Å². The van der Waals surface area contributed by atoms with E-state index in [1.54, 1.807) is 0 Å². The maximum Gasteiger partial charge on any atom is 0.126 e. The molecule has 0 aromatic heterocycles. The average Bonchev–Trinajstić information content (AvgIpc) is 2.15. The van der Waals surface area contributed by atoms with Gasteiger partial charge in [-0.05, 0) is 25.2 Å². The molecule has 2 unspecified atom stereocenters. The van der Waals surface area contributed by atoms with E-state index in [0.29, 0.717) is 5.92 Å². The van der Waals surface area contributed by atoms with Crippen LogP contribution in [-0.2, 0) is 4.79 Å². The summed E-state index contributed by atoms with van der Waals surface area (Å²) in [6, 6.07) is 0. The van der Waals surface area contributed by atoms with Crippen LogP contribution < -0.4 is 0 Å². The van der Waals surface area contributed by atoms with Crippen LogP contribution in [0.2, 0.25) is 0 Å². The monoisotopic (exact) mass is 178 g/mol. The minimum absolute atomic E-state index is 0.0793. The average molecular weight is 178 g/mol. The Kier molecular flexibility index (Phi) is 3.54. The van der Waals surface area contributed by atoms with Crippen molar-refractivity contribution in [3.05, 3.63) is 0 Å². The van der Waals surface area contributed by atoms with E-state index in [0.717, 1.165) is 32.0 Å². The molecule has 1 rings (SSSR count). The van der Waals surface area contributed by atoms with Crippen molar-refractivity contribution in [1.82, 2.24) is 0 Å². The zero-order chi connectivity index (χ0) is 9.73. The van der Waals surface area contributed by atoms with Crippen LogP contribution in [-0.4, -0.2) is 6.29 Å². The first kappa shape index (κ1) is 10.3. The summed E-state index contributed by atoms with van der Waals surface area (Å²) < 4.78 is 0. The third kappa shape index (κ3) is 2.59. The van der Waals surface area contributed by atoms with Gasteiger partial charge in [-0.15, -0.1) is 12.3 Å². The van der Waals surface area contributed by atoms with Crippen LogP contribution in [0.5, 0.6) is 0 Å². The normalized spacial score (nSPS) is 33.7. The Hall–Kier alpha value is -0.770. The molecule has 0 aromatic carbocycles. The molecular weight excluding hydrogens is 160 g/mol. The largest absolute Gasteiger partial charge is 0.303 e. The highest BCUT2D eigenvalue weighted by molar-refractivity contribution is 5.59. The van der Waals surface area contributed by atoms with Crippen molar-refractivity contribution in [3.8, 4) is 12.3 Å². The maximum atomic E-state index is 11.1. The summed E-state index contributed by atoms with van der Waals surface area (Å²) in [4.78, 5) is 11.1. The van der Waals surface area contributed by atoms with Gasteiger partial charge in [-0.25, -0.2) is 0 Å². The van der Waals surface area contributed by atoms with Crippen molar-refractivity contribution in [2.45, 2.75) is 45.4 Å². The lowest BCUT2D eigenvalue weighted by molar-refractivity contribution is -0.119. The van der Waals surface area contributed by atoms with Crippen LogP contribution in [0.15, 0.2) is 0 Å². The Bertz CT molecular complexity index is 214. The summed E-state index contributed by atoms with van der Waals surface area (Å²) in [5.41, 5.74) is -0.0793. The third-order valence-corrected chi connectivity index (χ3v) is 3.14. The van der Waals surface area contributed by atoms with E-state index in [1.807, 2.05) is 0 Å². The predicted molar refractivity (Wildman–Crippen MR) is 54.2 cm³/mol. The van der Waals surface area contributed by atoms with Crippen molar-refractivity contribution in [1.29, 1.82) is 0 Å². The Labute approximate surface area is 80.9 Å². The van der Waals surface area contributed by atoms with E-state index >= 15 is 0 Å². The summed E-state index contributed by atoms with van der Waals surface area (Å²) >= 11 is 0. The number of carbonyl (C=O) groups is 1. The molecule has 0 amide bonds. The fourth-order valence-corrected chi connectivity index (χ4v) is 2.41. The van der Waals surface area contributed by atoms with Crippen LogP contribution in [0.1, 0.15) is 45.4 Å². The van der Waals surface area contributed by atoms with Crippen molar-refractivity contribution in [2.75, 3.05) is 0 Å². The third-order valence-electron chi connectivity index (χ3n) is 3.14. The molecule has 1 aliphatic rings. The zero-order valence-electron chi connectivity index (χ0n) is 8.38. The SMILES string of the molecule is C#CCCC1(C=O)CCCC(C)C1. The number of rotatable bonds is 3. The smallest absolute Gasteiger partial charge is 0.126 e. The highest BCUT2D eigenvalue weighted by Crippen LogP contribution is 2.40. The van der Waals surface area contributed by atoms with Crippen molar-refractivity contribution < 1.29 is 4.79 Å². The van der Waals surface area contributed by atoms with E-state index in [1.165, 1.54) is 12.8 Å². The van der Waals surface area contributed by atoms with Gasteiger partial charge < -0.3 is 4.79 Å². The van der Waals surface area contributed by atoms with Crippen LogP contribution in [0, 0.1) is 23.7 Å². The molecular formula is C12H18O. The van der Waals surface area contributed by atoms with E-state index in [-0.39, 0.29) is 5.41 Å². The molecule has 0 spiro atoms. The Morgan fingerprint density at radius 2 is 2.46 bits per heavy atom. The van der Waals surface area contributed by atoms with Crippen LogP contribution >= 0.6 is 0 Å². The second-order valence-electron chi connectivity index (χ2n) is 4.39. The lowest BCUT2D eigenvalue weighted by Gasteiger charge is -2.35. The molecule has 72 valence electrons. The molecule has 0 bridgehead atoms. The maximum absolute atomic E-state index is 11.1. The van der Waals surface area contributed by atoms with Crippen molar-refractivity contribution in [3.63, 3.8) is 0 Å². The molecule has 0 radical (unpaired) electrons. The Morgan fingerprint density at radius 3 is 3.00 bits per heavy atom. The highest BCUT2D eigenvalue weighted by atomic mass is 16.1. The first-order valence-corrected chi connectivity index (χ1v) is 5.12. The quantitative estimate of drug-likeness (QED) is 0.480. The van der Waals surface area contributed by atoms with E-state index in [4.69, 9.17) is 6.42 Å². The number of hydrogen-bond acceptors (Lipinski definition) is 1. The van der Waals surface area contributed by atoms with Gasteiger partial charge in [0.05, 0.1) is 0 Å². The van der Waals surface area contributed by atoms with Gasteiger partial charge in [0.15, 0.2) is 0 Å². The number of carbonyl (C=O) groups excluding carboxylic acids is 1. The fourth-order valence-electron chi connectivity index (χ4n) is 2.41. The predicted octanol–water partition coefficient (Wildman–Crippen LogP) is 2.80. The molecule has 1 heteroatoms. The van der Waals surface area contributed by atoms with E-state index in [9.17, 15) is 4.79 Å². The molecule has 1 aliphatic carbocycles. The molecule has 0 aromatic rings. The van der Waals surface area contributed by atoms with E-state index < -0.39 is 0 Å². The van der Waals surface area contributed by atoms with Gasteiger partial charge in [-0.2, -0.15) is 0 Å². The molecule has 13 heavy (non-hydrogen) atoms. The number of aldehydes is 1. The van der Waals surface area contributed by atoms with Gasteiger partial charge in [-0.3, -0.25) is 0 Å². The highest BCUT2D eigenvalue weighted by Gasteiger charge is 2.33. The fraction of sp³-hybridized carbons (Fsp3) is 0.750. The first-order valence-electron chi connectivity index (χ1n) is 5.12. The number of hydrogen-bond donors (Lipinski definition) is 0.